The van der Waals surface area contributed by atoms with E-state index in [2.05, 4.69) is 15.6 Å². The lowest BCUT2D eigenvalue weighted by Gasteiger charge is -2.35. The first-order valence-corrected chi connectivity index (χ1v) is 17.8. The number of aryl methyl sites for hydroxylation is 1. The second-order valence-corrected chi connectivity index (χ2v) is 14.5. The Balaban J connectivity index is 1.61. The van der Waals surface area contributed by atoms with E-state index in [1.807, 2.05) is 13.8 Å². The van der Waals surface area contributed by atoms with Crippen molar-refractivity contribution in [3.05, 3.63) is 60.6 Å². The number of rotatable bonds is 9. The number of aromatic nitrogens is 2. The SMILES string of the molecule is COc1ccc(NC(=O)Nc2ccc3c(c2)C(=O)N([C@H](C)CO)C[C@@H](C)[C@H](CN(C)S(=O)(=O)c2cn(C)cn2)OCCCC[C@H](C)O3)cc1. The van der Waals surface area contributed by atoms with Crippen LogP contribution in [0, 0.1) is 5.92 Å². The van der Waals surface area contributed by atoms with Crippen LogP contribution < -0.4 is 20.1 Å². The number of aliphatic hydroxyl groups excluding tert-OH is 1. The summed E-state index contributed by atoms with van der Waals surface area (Å²) >= 11 is 0. The van der Waals surface area contributed by atoms with Crippen LogP contribution in [0.5, 0.6) is 11.5 Å². The molecule has 2 aromatic carbocycles. The average Bonchev–Trinajstić information content (AvgIpc) is 3.53. The summed E-state index contributed by atoms with van der Waals surface area (Å²) < 4.78 is 47.1. The Morgan fingerprint density at radius 3 is 2.49 bits per heavy atom. The largest absolute Gasteiger partial charge is 0.497 e. The van der Waals surface area contributed by atoms with E-state index in [0.717, 1.165) is 12.8 Å². The lowest BCUT2D eigenvalue weighted by molar-refractivity contribution is -0.00835. The van der Waals surface area contributed by atoms with Gasteiger partial charge in [-0.25, -0.2) is 18.2 Å². The van der Waals surface area contributed by atoms with Crippen LogP contribution in [0.25, 0.3) is 0 Å². The number of anilines is 2. The molecule has 0 unspecified atom stereocenters. The van der Waals surface area contributed by atoms with Crippen molar-refractivity contribution in [2.75, 3.05) is 51.1 Å². The number of amides is 3. The number of ether oxygens (including phenoxy) is 3. The van der Waals surface area contributed by atoms with Crippen LogP contribution in [-0.2, 0) is 21.8 Å². The molecule has 4 rings (SSSR count). The summed E-state index contributed by atoms with van der Waals surface area (Å²) in [5.41, 5.74) is 1.13. The Labute approximate surface area is 288 Å². The maximum atomic E-state index is 14.4. The topological polar surface area (TPSA) is 165 Å². The highest BCUT2D eigenvalue weighted by molar-refractivity contribution is 7.89. The molecule has 1 aliphatic heterocycles. The average molecular weight is 701 g/mol. The van der Waals surface area contributed by atoms with Crippen LogP contribution in [0.2, 0.25) is 0 Å². The molecular formula is C34H48N6O8S. The quantitative estimate of drug-likeness (QED) is 0.297. The van der Waals surface area contributed by atoms with Gasteiger partial charge in [0.05, 0.1) is 43.9 Å². The Morgan fingerprint density at radius 1 is 1.14 bits per heavy atom. The molecule has 0 saturated carbocycles. The minimum atomic E-state index is -3.89. The third kappa shape index (κ3) is 9.94. The number of hydrogen-bond acceptors (Lipinski definition) is 9. The second kappa shape index (κ2) is 17.0. The predicted octanol–water partition coefficient (Wildman–Crippen LogP) is 4.19. The van der Waals surface area contributed by atoms with Crippen molar-refractivity contribution in [2.45, 2.75) is 63.3 Å². The molecule has 4 atom stereocenters. The molecule has 0 radical (unpaired) electrons. The zero-order valence-corrected chi connectivity index (χ0v) is 29.8. The highest BCUT2D eigenvalue weighted by atomic mass is 32.2. The number of fused-ring (bicyclic) bond motifs is 1. The van der Waals surface area contributed by atoms with Gasteiger partial charge in [-0.3, -0.25) is 4.79 Å². The summed E-state index contributed by atoms with van der Waals surface area (Å²) in [6.45, 7) is 5.81. The fourth-order valence-electron chi connectivity index (χ4n) is 5.46. The first-order chi connectivity index (χ1) is 23.3. The van der Waals surface area contributed by atoms with Crippen LogP contribution in [0.15, 0.2) is 60.0 Å². The molecule has 49 heavy (non-hydrogen) atoms. The molecule has 0 spiro atoms. The van der Waals surface area contributed by atoms with Gasteiger partial charge in [0.2, 0.25) is 0 Å². The minimum absolute atomic E-state index is 0.0308. The zero-order valence-electron chi connectivity index (χ0n) is 29.0. The van der Waals surface area contributed by atoms with Crippen molar-refractivity contribution >= 4 is 33.3 Å². The summed E-state index contributed by atoms with van der Waals surface area (Å²) in [6.07, 6.45) is 4.26. The normalized spacial score (nSPS) is 20.1. The lowest BCUT2D eigenvalue weighted by Crippen LogP contribution is -2.48. The maximum Gasteiger partial charge on any atom is 0.323 e. The Bertz CT molecular complexity index is 1660. The number of hydrogen-bond donors (Lipinski definition) is 3. The molecule has 2 heterocycles. The van der Waals surface area contributed by atoms with E-state index in [1.165, 1.54) is 28.8 Å². The Hall–Kier alpha value is -4.18. The fourth-order valence-corrected chi connectivity index (χ4v) is 6.61. The number of likely N-dealkylation sites (N-methyl/N-ethyl adjacent to an activating group) is 1. The van der Waals surface area contributed by atoms with Gasteiger partial charge in [0.15, 0.2) is 5.03 Å². The van der Waals surface area contributed by atoms with Crippen molar-refractivity contribution in [2.24, 2.45) is 13.0 Å². The number of methoxy groups -OCH3 is 1. The third-order valence-electron chi connectivity index (χ3n) is 8.45. The van der Waals surface area contributed by atoms with Crippen LogP contribution >= 0.6 is 0 Å². The molecule has 0 aliphatic carbocycles. The number of benzene rings is 2. The number of carbonyl (C=O) groups excluding carboxylic acids is 2. The molecule has 3 N–H and O–H groups in total. The van der Waals surface area contributed by atoms with E-state index in [0.29, 0.717) is 35.9 Å². The van der Waals surface area contributed by atoms with Crippen LogP contribution in [0.4, 0.5) is 16.2 Å². The molecule has 15 heteroatoms. The number of urea groups is 1. The van der Waals surface area contributed by atoms with Crippen LogP contribution in [0.1, 0.15) is 50.4 Å². The zero-order chi connectivity index (χ0) is 35.7. The number of sulfonamides is 1. The van der Waals surface area contributed by atoms with E-state index in [4.69, 9.17) is 14.2 Å². The highest BCUT2D eigenvalue weighted by Crippen LogP contribution is 2.29. The van der Waals surface area contributed by atoms with Crippen molar-refractivity contribution in [1.29, 1.82) is 0 Å². The van der Waals surface area contributed by atoms with Gasteiger partial charge < -0.3 is 39.4 Å². The second-order valence-electron chi connectivity index (χ2n) is 12.5. The van der Waals surface area contributed by atoms with Gasteiger partial charge in [0.1, 0.15) is 11.5 Å². The van der Waals surface area contributed by atoms with Crippen molar-refractivity contribution < 1.29 is 37.3 Å². The van der Waals surface area contributed by atoms with Gasteiger partial charge in [-0.05, 0) is 75.6 Å². The van der Waals surface area contributed by atoms with Gasteiger partial charge in [-0.2, -0.15) is 4.31 Å². The number of nitrogens with zero attached hydrogens (tertiary/aromatic N) is 4. The summed E-state index contributed by atoms with van der Waals surface area (Å²) in [4.78, 5) is 32.8. The highest BCUT2D eigenvalue weighted by Gasteiger charge is 2.33. The van der Waals surface area contributed by atoms with E-state index in [-0.39, 0.29) is 42.3 Å². The number of nitrogens with one attached hydrogen (secondary N) is 2. The third-order valence-corrected chi connectivity index (χ3v) is 10.2. The summed E-state index contributed by atoms with van der Waals surface area (Å²) in [6, 6.07) is 10.6. The van der Waals surface area contributed by atoms with Crippen molar-refractivity contribution in [3.8, 4) is 11.5 Å². The van der Waals surface area contributed by atoms with Gasteiger partial charge in [-0.1, -0.05) is 6.92 Å². The van der Waals surface area contributed by atoms with Gasteiger partial charge in [0.25, 0.3) is 15.9 Å². The van der Waals surface area contributed by atoms with Crippen LogP contribution in [0.3, 0.4) is 0 Å². The fraction of sp³-hybridized carbons (Fsp3) is 0.500. The van der Waals surface area contributed by atoms with E-state index < -0.39 is 34.1 Å². The number of imidazole rings is 1. The molecule has 3 aromatic rings. The first-order valence-electron chi connectivity index (χ1n) is 16.3. The van der Waals surface area contributed by atoms with Gasteiger partial charge >= 0.3 is 6.03 Å². The van der Waals surface area contributed by atoms with E-state index in [1.54, 1.807) is 68.1 Å². The molecule has 3 amide bonds. The summed E-state index contributed by atoms with van der Waals surface area (Å²) in [7, 11) is 0.848. The first kappa shape index (κ1) is 37.6. The molecule has 14 nitrogen and oxygen atoms in total. The monoisotopic (exact) mass is 700 g/mol. The number of carbonyl (C=O) groups is 2. The van der Waals surface area contributed by atoms with Gasteiger partial charge in [0, 0.05) is 57.3 Å². The van der Waals surface area contributed by atoms with E-state index >= 15 is 0 Å². The van der Waals surface area contributed by atoms with E-state index in [9.17, 15) is 23.1 Å². The maximum absolute atomic E-state index is 14.4. The molecular weight excluding hydrogens is 652 g/mol. The van der Waals surface area contributed by atoms with Gasteiger partial charge in [-0.15, -0.1) is 0 Å². The smallest absolute Gasteiger partial charge is 0.323 e. The Morgan fingerprint density at radius 2 is 1.84 bits per heavy atom. The van der Waals surface area contributed by atoms with Crippen molar-refractivity contribution in [1.82, 2.24) is 18.8 Å². The lowest BCUT2D eigenvalue weighted by atomic mass is 10.0. The molecule has 268 valence electrons. The molecule has 1 aliphatic rings. The summed E-state index contributed by atoms with van der Waals surface area (Å²) in [5, 5.41) is 15.7. The molecule has 1 aromatic heterocycles. The Kier molecular flexibility index (Phi) is 13.0. The molecule has 0 saturated heterocycles. The molecule has 0 fully saturated rings. The standard InChI is InChI=1S/C34H48N6O8S/c1-23-18-40(24(2)21-41)33(42)29-17-27(37-34(43)36-26-10-13-28(46-6)14-11-26)12-15-30(29)48-25(3)9-7-8-16-47-31(23)19-39(5)49(44,45)32-20-38(4)22-35-32/h10-15,17,20,22-25,31,41H,7-9,16,18-19,21H2,1-6H3,(H2,36,37,43)/t23-,24-,25+,31+/m1/s1. The molecule has 0 bridgehead atoms. The minimum Gasteiger partial charge on any atom is -0.497 e. The number of aliphatic hydroxyl groups is 1. The summed E-state index contributed by atoms with van der Waals surface area (Å²) in [5.74, 6) is 0.245. The predicted molar refractivity (Wildman–Crippen MR) is 186 cm³/mol. The van der Waals surface area contributed by atoms with Crippen LogP contribution in [-0.4, -0.2) is 103 Å². The van der Waals surface area contributed by atoms with Crippen molar-refractivity contribution in [3.63, 3.8) is 0 Å².